The summed E-state index contributed by atoms with van der Waals surface area (Å²) >= 11 is 0. The molecule has 4 aromatic carbocycles. The van der Waals surface area contributed by atoms with Gasteiger partial charge in [-0.15, -0.1) is 0 Å². The van der Waals surface area contributed by atoms with Crippen LogP contribution < -0.4 is 4.90 Å². The van der Waals surface area contributed by atoms with Crippen LogP contribution in [0.25, 0.3) is 78.7 Å². The highest BCUT2D eigenvalue weighted by molar-refractivity contribution is 6.11. The number of β-lactam (4-membered cyclic amide) rings is 1. The third-order valence-corrected chi connectivity index (χ3v) is 10.9. The Kier molecular flexibility index (Phi) is 7.32. The summed E-state index contributed by atoms with van der Waals surface area (Å²) in [7, 11) is 0. The fraction of sp³-hybridized carbons (Fsp3) is 0.0833. The number of rotatable bonds is 5. The van der Waals surface area contributed by atoms with E-state index in [0.717, 1.165) is 95.6 Å². The van der Waals surface area contributed by atoms with Gasteiger partial charge in [0.25, 0.3) is 0 Å². The highest BCUT2D eigenvalue weighted by Gasteiger charge is 2.52. The number of carbonyl (C=O) groups excluding carboxylic acids is 1. The summed E-state index contributed by atoms with van der Waals surface area (Å²) in [5.41, 5.74) is 16.1. The second-order valence-corrected chi connectivity index (χ2v) is 13.9. The van der Waals surface area contributed by atoms with Gasteiger partial charge < -0.3 is 14.9 Å². The van der Waals surface area contributed by atoms with Gasteiger partial charge in [-0.1, -0.05) is 128 Å². The number of fused-ring (bicyclic) bond motifs is 11. The Labute approximate surface area is 308 Å². The lowest BCUT2D eigenvalue weighted by molar-refractivity contribution is -0.130. The van der Waals surface area contributed by atoms with E-state index in [2.05, 4.69) is 163 Å². The standard InChI is InChI=1S/C48H36N4O/c1-2-34-47-35-29-42(52(47)48(34)53)46(33-21-13-6-14-22-33)41-28-27-40(51-41)45(32-19-11-5-12-20-32)39-26-25-38(50-39)44(31-17-9-4-10-18-31)37-24-23-36(49-37)43(35)30-15-7-3-8-16-30/h3-29,34,47,49,51H,2H2,1H3. The molecule has 3 aromatic heterocycles. The van der Waals surface area contributed by atoms with Crippen LogP contribution in [0.1, 0.15) is 36.3 Å². The molecule has 1 fully saturated rings. The molecule has 1 amide bonds. The normalized spacial score (nSPS) is 16.0. The highest BCUT2D eigenvalue weighted by Crippen LogP contribution is 2.55. The van der Waals surface area contributed by atoms with Crippen LogP contribution in [-0.4, -0.2) is 20.9 Å². The van der Waals surface area contributed by atoms with Crippen molar-refractivity contribution < 1.29 is 4.79 Å². The smallest absolute Gasteiger partial charge is 0.233 e. The van der Waals surface area contributed by atoms with Crippen molar-refractivity contribution in [3.63, 3.8) is 0 Å². The predicted octanol–water partition coefficient (Wildman–Crippen LogP) is 11.9. The highest BCUT2D eigenvalue weighted by atomic mass is 16.2. The molecule has 254 valence electrons. The molecule has 2 atom stereocenters. The molecule has 2 N–H and O–H groups in total. The predicted molar refractivity (Wildman–Crippen MR) is 218 cm³/mol. The minimum absolute atomic E-state index is 0.0869. The van der Waals surface area contributed by atoms with Crippen LogP contribution in [0.3, 0.4) is 0 Å². The number of aromatic amines is 2. The van der Waals surface area contributed by atoms with Crippen molar-refractivity contribution in [1.29, 1.82) is 0 Å². The minimum atomic E-state index is -0.110. The maximum absolute atomic E-state index is 14.2. The Morgan fingerprint density at radius 2 is 0.925 bits per heavy atom. The summed E-state index contributed by atoms with van der Waals surface area (Å²) in [6.07, 6.45) is 5.03. The molecule has 2 unspecified atom stereocenters. The number of carbonyl (C=O) groups is 1. The van der Waals surface area contributed by atoms with E-state index in [1.807, 2.05) is 23.1 Å². The Hall–Kier alpha value is -6.72. The summed E-state index contributed by atoms with van der Waals surface area (Å²) in [6.45, 7) is 2.13. The van der Waals surface area contributed by atoms with Gasteiger partial charge in [-0.2, -0.15) is 0 Å². The molecule has 0 radical (unpaired) electrons. The molecule has 5 heteroatoms. The summed E-state index contributed by atoms with van der Waals surface area (Å²) < 4.78 is 0. The second-order valence-electron chi connectivity index (χ2n) is 13.9. The zero-order valence-electron chi connectivity index (χ0n) is 29.3. The van der Waals surface area contributed by atoms with E-state index in [4.69, 9.17) is 4.98 Å². The van der Waals surface area contributed by atoms with Crippen molar-refractivity contribution in [2.45, 2.75) is 19.4 Å². The van der Waals surface area contributed by atoms with E-state index in [9.17, 15) is 4.79 Å². The van der Waals surface area contributed by atoms with Gasteiger partial charge in [-0.05, 0) is 76.7 Å². The van der Waals surface area contributed by atoms with Gasteiger partial charge in [0.2, 0.25) is 5.91 Å². The average molecular weight is 685 g/mol. The molecule has 53 heavy (non-hydrogen) atoms. The summed E-state index contributed by atoms with van der Waals surface area (Å²) in [4.78, 5) is 29.3. The number of anilines is 1. The number of aromatic nitrogens is 3. The van der Waals surface area contributed by atoms with Crippen LogP contribution in [0.5, 0.6) is 0 Å². The van der Waals surface area contributed by atoms with Crippen LogP contribution >= 0.6 is 0 Å². The van der Waals surface area contributed by atoms with E-state index in [0.29, 0.717) is 0 Å². The molecule has 1 saturated heterocycles. The first-order valence-electron chi connectivity index (χ1n) is 18.3. The largest absolute Gasteiger partial charge is 0.354 e. The Morgan fingerprint density at radius 1 is 0.528 bits per heavy atom. The third-order valence-electron chi connectivity index (χ3n) is 10.9. The summed E-state index contributed by atoms with van der Waals surface area (Å²) in [5.74, 6) is 0.0576. The van der Waals surface area contributed by atoms with Crippen LogP contribution in [0.4, 0.5) is 5.69 Å². The van der Waals surface area contributed by atoms with Gasteiger partial charge in [-0.3, -0.25) is 4.79 Å². The molecule has 3 aliphatic rings. The number of nitrogens with zero attached hydrogens (tertiary/aromatic N) is 2. The maximum Gasteiger partial charge on any atom is 0.233 e. The van der Waals surface area contributed by atoms with Gasteiger partial charge >= 0.3 is 0 Å². The lowest BCUT2D eigenvalue weighted by Crippen LogP contribution is -2.53. The SMILES string of the molecule is CCC1C(=O)N2c3cc(c(-c4ccccc4)c4ccc([nH]4)c(-c4ccccc4)c4nc(c(-c5ccccc5)c5ccc([nH]5)c3-c3ccccc3)C=C4)C12. The van der Waals surface area contributed by atoms with E-state index in [1.165, 1.54) is 0 Å². The van der Waals surface area contributed by atoms with E-state index in [-0.39, 0.29) is 17.9 Å². The van der Waals surface area contributed by atoms with Crippen molar-refractivity contribution in [1.82, 2.24) is 15.0 Å². The molecule has 10 rings (SSSR count). The van der Waals surface area contributed by atoms with Crippen molar-refractivity contribution >= 4 is 45.8 Å². The fourth-order valence-electron chi connectivity index (χ4n) is 8.52. The van der Waals surface area contributed by atoms with Crippen LogP contribution in [0, 0.1) is 5.92 Å². The number of nitrogens with one attached hydrogen (secondary N) is 2. The molecule has 0 saturated carbocycles. The number of amides is 1. The Bertz CT molecular complexity index is 2730. The molecule has 3 aliphatic heterocycles. The lowest BCUT2D eigenvalue weighted by atomic mass is 9.81. The zero-order valence-corrected chi connectivity index (χ0v) is 29.3. The maximum atomic E-state index is 14.2. The van der Waals surface area contributed by atoms with Gasteiger partial charge in [-0.25, -0.2) is 4.98 Å². The van der Waals surface area contributed by atoms with Crippen molar-refractivity contribution in [2.75, 3.05) is 4.90 Å². The van der Waals surface area contributed by atoms with Crippen molar-refractivity contribution in [2.24, 2.45) is 5.92 Å². The first kappa shape index (κ1) is 31.1. The quantitative estimate of drug-likeness (QED) is 0.177. The molecular formula is C48H36N4O. The van der Waals surface area contributed by atoms with Crippen LogP contribution in [-0.2, 0) is 4.79 Å². The summed E-state index contributed by atoms with van der Waals surface area (Å²) in [6, 6.07) is 52.8. The zero-order chi connectivity index (χ0) is 35.5. The van der Waals surface area contributed by atoms with Crippen LogP contribution in [0.2, 0.25) is 0 Å². The average Bonchev–Trinajstić information content (AvgIpc) is 4.03. The Morgan fingerprint density at radius 3 is 1.38 bits per heavy atom. The fourth-order valence-corrected chi connectivity index (χ4v) is 8.52. The van der Waals surface area contributed by atoms with Crippen molar-refractivity contribution in [3.8, 4) is 44.5 Å². The Balaban J connectivity index is 1.43. The van der Waals surface area contributed by atoms with Gasteiger partial charge in [0.15, 0.2) is 0 Å². The molecule has 7 aromatic rings. The molecule has 0 spiro atoms. The lowest BCUT2D eigenvalue weighted by Gasteiger charge is -2.44. The minimum Gasteiger partial charge on any atom is -0.354 e. The number of benzene rings is 4. The van der Waals surface area contributed by atoms with E-state index < -0.39 is 0 Å². The van der Waals surface area contributed by atoms with Crippen molar-refractivity contribution in [3.05, 3.63) is 169 Å². The molecule has 5 nitrogen and oxygen atoms in total. The first-order valence-corrected chi connectivity index (χ1v) is 18.3. The molecular weight excluding hydrogens is 649 g/mol. The summed E-state index contributed by atoms with van der Waals surface area (Å²) in [5, 5.41) is 0. The topological polar surface area (TPSA) is 64.8 Å². The number of hydrogen-bond donors (Lipinski definition) is 2. The van der Waals surface area contributed by atoms with E-state index in [1.54, 1.807) is 0 Å². The van der Waals surface area contributed by atoms with Gasteiger partial charge in [0, 0.05) is 44.3 Å². The molecule has 8 bridgehead atoms. The molecule has 0 aliphatic carbocycles. The third kappa shape index (κ3) is 5.00. The molecule has 6 heterocycles. The second kappa shape index (κ2) is 12.5. The van der Waals surface area contributed by atoms with E-state index >= 15 is 0 Å². The monoisotopic (exact) mass is 684 g/mol. The van der Waals surface area contributed by atoms with Crippen LogP contribution in [0.15, 0.2) is 152 Å². The van der Waals surface area contributed by atoms with Gasteiger partial charge in [0.05, 0.1) is 29.0 Å². The van der Waals surface area contributed by atoms with Gasteiger partial charge in [0.1, 0.15) is 0 Å². The number of hydrogen-bond acceptors (Lipinski definition) is 2. The first-order chi connectivity index (χ1) is 26.2. The number of H-pyrrole nitrogens is 2.